The van der Waals surface area contributed by atoms with Gasteiger partial charge in [0.15, 0.2) is 0 Å². The number of hydrogen-bond acceptors (Lipinski definition) is 6. The van der Waals surface area contributed by atoms with E-state index in [0.717, 1.165) is 49.5 Å². The Hall–Kier alpha value is -3.16. The predicted octanol–water partition coefficient (Wildman–Crippen LogP) is 5.70. The molecule has 0 N–H and O–H groups in total. The number of nitro groups is 1. The van der Waals surface area contributed by atoms with Gasteiger partial charge in [-0.1, -0.05) is 38.8 Å². The first-order valence-electron chi connectivity index (χ1n) is 11.1. The molecule has 1 aromatic carbocycles. The lowest BCUT2D eigenvalue weighted by Gasteiger charge is -2.12. The van der Waals surface area contributed by atoms with Crippen LogP contribution in [-0.2, 0) is 0 Å². The van der Waals surface area contributed by atoms with Crippen LogP contribution in [0.1, 0.15) is 58.4 Å². The average Bonchev–Trinajstić information content (AvgIpc) is 3.54. The van der Waals surface area contributed by atoms with Crippen LogP contribution in [0.3, 0.4) is 0 Å². The van der Waals surface area contributed by atoms with Crippen molar-refractivity contribution >= 4 is 16.6 Å². The summed E-state index contributed by atoms with van der Waals surface area (Å²) in [6.07, 6.45) is 5.87. The van der Waals surface area contributed by atoms with Crippen LogP contribution in [0.4, 0.5) is 5.69 Å². The second-order valence-corrected chi connectivity index (χ2v) is 7.86. The molecule has 4 rings (SSSR count). The molecule has 2 heterocycles. The van der Waals surface area contributed by atoms with Gasteiger partial charge in [0.05, 0.1) is 29.7 Å². The van der Waals surface area contributed by atoms with Crippen molar-refractivity contribution in [2.24, 2.45) is 0 Å². The summed E-state index contributed by atoms with van der Waals surface area (Å²) >= 11 is 0. The molecule has 1 aliphatic carbocycles. The standard InChI is InChI=1S/C23H28N4O4/c1-3-5-14-30-20-13-12-18(23(24-20)31-15-6-4-2)21-17-8-7-9-19(27(28)29)22(17)26(25-21)16-10-11-16/h7-9,12-13,16H,3-6,10-11,14-15H2,1-2H3. The van der Waals surface area contributed by atoms with Crippen molar-refractivity contribution in [2.75, 3.05) is 13.2 Å². The lowest BCUT2D eigenvalue weighted by atomic mass is 10.1. The Bertz CT molecular complexity index is 1070. The molecule has 31 heavy (non-hydrogen) atoms. The lowest BCUT2D eigenvalue weighted by Crippen LogP contribution is -2.04. The van der Waals surface area contributed by atoms with Gasteiger partial charge in [-0.25, -0.2) is 0 Å². The van der Waals surface area contributed by atoms with Crippen LogP contribution in [0.5, 0.6) is 11.8 Å². The molecule has 164 valence electrons. The molecule has 0 saturated heterocycles. The van der Waals surface area contributed by atoms with Gasteiger partial charge in [0.1, 0.15) is 11.2 Å². The zero-order valence-corrected chi connectivity index (χ0v) is 18.0. The molecular formula is C23H28N4O4. The van der Waals surface area contributed by atoms with Gasteiger partial charge >= 0.3 is 0 Å². The van der Waals surface area contributed by atoms with Crippen molar-refractivity contribution in [3.05, 3.63) is 40.4 Å². The molecule has 8 heteroatoms. The maximum absolute atomic E-state index is 11.7. The normalized spacial score (nSPS) is 13.5. The van der Waals surface area contributed by atoms with Crippen LogP contribution >= 0.6 is 0 Å². The molecule has 2 aromatic heterocycles. The van der Waals surface area contributed by atoms with Crippen LogP contribution < -0.4 is 9.47 Å². The summed E-state index contributed by atoms with van der Waals surface area (Å²) in [4.78, 5) is 15.9. The van der Waals surface area contributed by atoms with Crippen LogP contribution in [0.15, 0.2) is 30.3 Å². The summed E-state index contributed by atoms with van der Waals surface area (Å²) in [5.74, 6) is 0.969. The maximum atomic E-state index is 11.7. The number of fused-ring (bicyclic) bond motifs is 1. The highest BCUT2D eigenvalue weighted by atomic mass is 16.6. The molecule has 0 spiro atoms. The number of ether oxygens (including phenoxy) is 2. The minimum atomic E-state index is -0.339. The van der Waals surface area contributed by atoms with E-state index in [9.17, 15) is 10.1 Å². The Morgan fingerprint density at radius 1 is 1.10 bits per heavy atom. The number of nitro benzene ring substituents is 1. The van der Waals surface area contributed by atoms with E-state index < -0.39 is 0 Å². The van der Waals surface area contributed by atoms with Crippen LogP contribution in [0, 0.1) is 10.1 Å². The van der Waals surface area contributed by atoms with E-state index in [0.29, 0.717) is 36.2 Å². The summed E-state index contributed by atoms with van der Waals surface area (Å²) < 4.78 is 13.6. The summed E-state index contributed by atoms with van der Waals surface area (Å²) in [6.45, 7) is 5.35. The second kappa shape index (κ2) is 9.32. The number of unbranched alkanes of at least 4 members (excludes halogenated alkanes) is 2. The zero-order chi connectivity index (χ0) is 21.8. The van der Waals surface area contributed by atoms with Gasteiger partial charge in [0.2, 0.25) is 11.8 Å². The SMILES string of the molecule is CCCCOc1ccc(-c2nn(C3CC3)c3c([N+](=O)[O-])cccc23)c(OCCCC)n1. The van der Waals surface area contributed by atoms with Crippen LogP contribution in [0.2, 0.25) is 0 Å². The van der Waals surface area contributed by atoms with E-state index in [1.807, 2.05) is 22.9 Å². The highest BCUT2D eigenvalue weighted by molar-refractivity contribution is 5.99. The number of benzene rings is 1. The van der Waals surface area contributed by atoms with E-state index in [1.54, 1.807) is 6.07 Å². The maximum Gasteiger partial charge on any atom is 0.295 e. The van der Waals surface area contributed by atoms with Gasteiger partial charge in [-0.2, -0.15) is 10.1 Å². The van der Waals surface area contributed by atoms with Gasteiger partial charge < -0.3 is 9.47 Å². The topological polar surface area (TPSA) is 92.3 Å². The van der Waals surface area contributed by atoms with E-state index in [4.69, 9.17) is 14.6 Å². The van der Waals surface area contributed by atoms with E-state index >= 15 is 0 Å². The largest absolute Gasteiger partial charge is 0.478 e. The Balaban J connectivity index is 1.80. The molecule has 3 aromatic rings. The Morgan fingerprint density at radius 3 is 2.52 bits per heavy atom. The molecule has 1 aliphatic rings. The molecular weight excluding hydrogens is 396 g/mol. The molecule has 0 atom stereocenters. The number of hydrogen-bond donors (Lipinski definition) is 0. The van der Waals surface area contributed by atoms with Crippen molar-refractivity contribution in [3.8, 4) is 23.0 Å². The van der Waals surface area contributed by atoms with Gasteiger partial charge in [0, 0.05) is 17.5 Å². The highest BCUT2D eigenvalue weighted by Crippen LogP contribution is 2.43. The number of para-hydroxylation sites is 1. The highest BCUT2D eigenvalue weighted by Gasteiger charge is 2.32. The number of rotatable bonds is 11. The average molecular weight is 425 g/mol. The third-order valence-corrected chi connectivity index (χ3v) is 5.37. The monoisotopic (exact) mass is 424 g/mol. The van der Waals surface area contributed by atoms with Crippen molar-refractivity contribution in [1.29, 1.82) is 0 Å². The number of pyridine rings is 1. The summed E-state index contributed by atoms with van der Waals surface area (Å²) in [5.41, 5.74) is 2.02. The fraction of sp³-hybridized carbons (Fsp3) is 0.478. The minimum absolute atomic E-state index is 0.0732. The third-order valence-electron chi connectivity index (χ3n) is 5.37. The van der Waals surface area contributed by atoms with Crippen molar-refractivity contribution in [2.45, 2.75) is 58.4 Å². The molecule has 0 radical (unpaired) electrons. The lowest BCUT2D eigenvalue weighted by molar-refractivity contribution is -0.383. The summed E-state index contributed by atoms with van der Waals surface area (Å²) in [6, 6.07) is 9.03. The van der Waals surface area contributed by atoms with Gasteiger partial charge in [0.25, 0.3) is 5.69 Å². The van der Waals surface area contributed by atoms with Crippen molar-refractivity contribution in [3.63, 3.8) is 0 Å². The molecule has 8 nitrogen and oxygen atoms in total. The Labute approximate surface area is 181 Å². The fourth-order valence-corrected chi connectivity index (χ4v) is 3.53. The van der Waals surface area contributed by atoms with Gasteiger partial charge in [-0.15, -0.1) is 0 Å². The van der Waals surface area contributed by atoms with Crippen LogP contribution in [-0.4, -0.2) is 32.9 Å². The van der Waals surface area contributed by atoms with E-state index in [-0.39, 0.29) is 16.7 Å². The number of non-ortho nitro benzene ring substituents is 1. The predicted molar refractivity (Wildman–Crippen MR) is 119 cm³/mol. The molecule has 1 fully saturated rings. The van der Waals surface area contributed by atoms with Gasteiger partial charge in [-0.05, 0) is 31.7 Å². The fourth-order valence-electron chi connectivity index (χ4n) is 3.53. The van der Waals surface area contributed by atoms with Crippen molar-refractivity contribution in [1.82, 2.24) is 14.8 Å². The first-order valence-corrected chi connectivity index (χ1v) is 11.1. The Morgan fingerprint density at radius 2 is 1.84 bits per heavy atom. The molecule has 0 bridgehead atoms. The third kappa shape index (κ3) is 4.47. The molecule has 0 unspecified atom stereocenters. The number of aromatic nitrogens is 3. The zero-order valence-electron chi connectivity index (χ0n) is 18.0. The van der Waals surface area contributed by atoms with Crippen molar-refractivity contribution < 1.29 is 14.4 Å². The van der Waals surface area contributed by atoms with E-state index in [1.165, 1.54) is 6.07 Å². The molecule has 0 aliphatic heterocycles. The molecule has 1 saturated carbocycles. The number of nitrogens with zero attached hydrogens (tertiary/aromatic N) is 4. The molecule has 0 amide bonds. The Kier molecular flexibility index (Phi) is 6.34. The summed E-state index contributed by atoms with van der Waals surface area (Å²) in [7, 11) is 0. The minimum Gasteiger partial charge on any atom is -0.478 e. The van der Waals surface area contributed by atoms with Crippen LogP contribution in [0.25, 0.3) is 22.2 Å². The smallest absolute Gasteiger partial charge is 0.295 e. The first kappa shape index (κ1) is 21.1. The quantitative estimate of drug-likeness (QED) is 0.223. The first-order chi connectivity index (χ1) is 15.1. The second-order valence-electron chi connectivity index (χ2n) is 7.86. The summed E-state index contributed by atoms with van der Waals surface area (Å²) in [5, 5.41) is 17.2. The van der Waals surface area contributed by atoms with Gasteiger partial charge in [-0.3, -0.25) is 14.8 Å². The van der Waals surface area contributed by atoms with E-state index in [2.05, 4.69) is 18.8 Å².